The average Bonchev–Trinajstić information content (AvgIpc) is 2.73. The topological polar surface area (TPSA) is 48.9 Å². The van der Waals surface area contributed by atoms with Gasteiger partial charge >= 0.3 is 1.43 Å². The Kier molecular flexibility index (Phi) is 2.97. The van der Waals surface area contributed by atoms with E-state index in [0.29, 0.717) is 5.75 Å². The van der Waals surface area contributed by atoms with Crippen LogP contribution in [-0.2, 0) is 5.75 Å². The van der Waals surface area contributed by atoms with Crippen LogP contribution in [0.1, 0.15) is 12.6 Å². The van der Waals surface area contributed by atoms with Crippen LogP contribution in [0.3, 0.4) is 0 Å². The Hall–Kier alpha value is -1.42. The molecule has 0 atom stereocenters. The predicted octanol–water partition coefficient (Wildman–Crippen LogP) is 2.83. The highest BCUT2D eigenvalue weighted by Crippen LogP contribution is 2.22. The Bertz CT molecular complexity index is 445. The van der Waals surface area contributed by atoms with Gasteiger partial charge in [-0.2, -0.15) is 0 Å². The minimum Gasteiger partial charge on any atom is -0.508 e. The summed E-state index contributed by atoms with van der Waals surface area (Å²) < 4.78 is 0. The zero-order valence-electron chi connectivity index (χ0n) is 9.40. The van der Waals surface area contributed by atoms with Gasteiger partial charge in [-0.1, -0.05) is 23.9 Å². The minimum absolute atomic E-state index is 0. The van der Waals surface area contributed by atoms with Crippen molar-refractivity contribution >= 4 is 11.8 Å². The number of H-pyrrole nitrogens is 1. The number of nitrogens with one attached hydrogen (secondary N) is 1. The smallest absolute Gasteiger partial charge is 0.508 e. The molecule has 1 aromatic heterocycles. The van der Waals surface area contributed by atoms with E-state index in [4.69, 9.17) is 0 Å². The van der Waals surface area contributed by atoms with Crippen LogP contribution in [0.25, 0.3) is 0 Å². The van der Waals surface area contributed by atoms with Gasteiger partial charge in [0.05, 0.1) is 0 Å². The summed E-state index contributed by atoms with van der Waals surface area (Å²) in [4.78, 5) is 7.17. The molecule has 0 bridgehead atoms. The molecule has 2 N–H and O–H groups in total. The number of hydrogen-bond donors (Lipinski definition) is 2. The van der Waals surface area contributed by atoms with Crippen LogP contribution in [-0.4, -0.2) is 15.1 Å². The summed E-state index contributed by atoms with van der Waals surface area (Å²) in [6.45, 7) is 1.90. The number of aromatic nitrogens is 2. The SMILES string of the molecule is Cc1cc(CSc2ncc[nH]2)ccc1O.[H+]. The maximum atomic E-state index is 9.37. The van der Waals surface area contributed by atoms with E-state index in [2.05, 4.69) is 9.97 Å². The maximum Gasteiger partial charge on any atom is 1.00 e. The lowest BCUT2D eigenvalue weighted by atomic mass is 10.1. The number of hydrogen-bond acceptors (Lipinski definition) is 3. The van der Waals surface area contributed by atoms with Crippen molar-refractivity contribution in [3.05, 3.63) is 41.7 Å². The van der Waals surface area contributed by atoms with Gasteiger partial charge < -0.3 is 10.1 Å². The van der Waals surface area contributed by atoms with Crippen LogP contribution in [0, 0.1) is 6.92 Å². The van der Waals surface area contributed by atoms with Crippen LogP contribution in [0.5, 0.6) is 5.75 Å². The van der Waals surface area contributed by atoms with E-state index < -0.39 is 0 Å². The van der Waals surface area contributed by atoms with Gasteiger partial charge in [0.1, 0.15) is 5.75 Å². The molecule has 0 spiro atoms. The van der Waals surface area contributed by atoms with Gasteiger partial charge in [-0.3, -0.25) is 0 Å². The molecule has 0 aliphatic rings. The summed E-state index contributed by atoms with van der Waals surface area (Å²) >= 11 is 1.65. The van der Waals surface area contributed by atoms with Crippen LogP contribution < -0.4 is 0 Å². The normalized spacial score (nSPS) is 10.5. The fraction of sp³-hybridized carbons (Fsp3) is 0.182. The van der Waals surface area contributed by atoms with Gasteiger partial charge in [0, 0.05) is 18.1 Å². The zero-order valence-corrected chi connectivity index (χ0v) is 9.21. The van der Waals surface area contributed by atoms with Crippen LogP contribution in [0.15, 0.2) is 35.7 Å². The molecule has 0 fully saturated rings. The summed E-state index contributed by atoms with van der Waals surface area (Å²) in [5.41, 5.74) is 2.10. The van der Waals surface area contributed by atoms with Crippen molar-refractivity contribution in [1.82, 2.24) is 9.97 Å². The van der Waals surface area contributed by atoms with Crippen LogP contribution in [0.4, 0.5) is 0 Å². The Morgan fingerprint density at radius 1 is 1.53 bits per heavy atom. The van der Waals surface area contributed by atoms with Gasteiger partial charge in [0.25, 0.3) is 0 Å². The van der Waals surface area contributed by atoms with E-state index in [1.165, 1.54) is 5.56 Å². The lowest BCUT2D eigenvalue weighted by Crippen LogP contribution is -1.83. The molecule has 1 heterocycles. The predicted molar refractivity (Wildman–Crippen MR) is 62.1 cm³/mol. The highest BCUT2D eigenvalue weighted by atomic mass is 32.2. The van der Waals surface area contributed by atoms with E-state index in [1.807, 2.05) is 25.3 Å². The van der Waals surface area contributed by atoms with Crippen molar-refractivity contribution in [3.63, 3.8) is 0 Å². The molecule has 0 amide bonds. The monoisotopic (exact) mass is 221 g/mol. The third-order valence-corrected chi connectivity index (χ3v) is 3.08. The second-order valence-corrected chi connectivity index (χ2v) is 4.27. The number of aryl methyl sites for hydroxylation is 1. The average molecular weight is 221 g/mol. The number of aromatic hydroxyl groups is 1. The maximum absolute atomic E-state index is 9.37. The van der Waals surface area contributed by atoms with E-state index in [1.54, 1.807) is 24.0 Å². The van der Waals surface area contributed by atoms with Gasteiger partial charge in [0.15, 0.2) is 5.16 Å². The molecule has 0 saturated carbocycles. The molecule has 78 valence electrons. The number of phenolic OH excluding ortho intramolecular Hbond substituents is 1. The number of phenols is 1. The number of benzene rings is 1. The lowest BCUT2D eigenvalue weighted by molar-refractivity contribution is 0.471. The van der Waals surface area contributed by atoms with E-state index in [-0.39, 0.29) is 1.43 Å². The highest BCUT2D eigenvalue weighted by Gasteiger charge is 2.00. The Balaban J connectivity index is 0.00000128. The molecular formula is C11H13N2OS+. The van der Waals surface area contributed by atoms with Crippen molar-refractivity contribution < 1.29 is 6.53 Å². The molecule has 0 saturated heterocycles. The third-order valence-electron chi connectivity index (χ3n) is 2.11. The van der Waals surface area contributed by atoms with Crippen molar-refractivity contribution in [2.75, 3.05) is 0 Å². The van der Waals surface area contributed by atoms with E-state index >= 15 is 0 Å². The molecule has 15 heavy (non-hydrogen) atoms. The second kappa shape index (κ2) is 4.40. The number of imidazole rings is 1. The summed E-state index contributed by atoms with van der Waals surface area (Å²) in [6, 6.07) is 5.65. The third kappa shape index (κ3) is 2.53. The molecule has 3 nitrogen and oxygen atoms in total. The quantitative estimate of drug-likeness (QED) is 0.783. The summed E-state index contributed by atoms with van der Waals surface area (Å²) in [6.07, 6.45) is 3.55. The minimum atomic E-state index is 0. The standard InChI is InChI=1S/C11H12N2OS/c1-8-6-9(2-3-10(8)14)7-15-11-12-4-5-13-11/h2-6,14H,7H2,1H3,(H,12,13)/p+1. The van der Waals surface area contributed by atoms with E-state index in [9.17, 15) is 5.11 Å². The first-order chi connectivity index (χ1) is 7.25. The molecule has 0 aliphatic heterocycles. The van der Waals surface area contributed by atoms with Gasteiger partial charge in [0.2, 0.25) is 0 Å². The Morgan fingerprint density at radius 2 is 2.40 bits per heavy atom. The first kappa shape index (κ1) is 10.1. The number of nitrogens with zero attached hydrogens (tertiary/aromatic N) is 1. The van der Waals surface area contributed by atoms with Crippen LogP contribution in [0.2, 0.25) is 0 Å². The van der Waals surface area contributed by atoms with E-state index in [0.717, 1.165) is 16.5 Å². The lowest BCUT2D eigenvalue weighted by Gasteiger charge is -2.02. The second-order valence-electron chi connectivity index (χ2n) is 3.30. The first-order valence-corrected chi connectivity index (χ1v) is 5.65. The molecule has 2 rings (SSSR count). The van der Waals surface area contributed by atoms with Crippen molar-refractivity contribution in [3.8, 4) is 5.75 Å². The van der Waals surface area contributed by atoms with Crippen LogP contribution >= 0.6 is 11.8 Å². The summed E-state index contributed by atoms with van der Waals surface area (Å²) in [5.74, 6) is 1.20. The van der Waals surface area contributed by atoms with Crippen molar-refractivity contribution in [2.24, 2.45) is 0 Å². The van der Waals surface area contributed by atoms with Gasteiger partial charge in [-0.15, -0.1) is 0 Å². The van der Waals surface area contributed by atoms with Gasteiger partial charge in [-0.25, -0.2) is 4.98 Å². The number of thioether (sulfide) groups is 1. The molecular weight excluding hydrogens is 208 g/mol. The Morgan fingerprint density at radius 3 is 3.07 bits per heavy atom. The number of aromatic amines is 1. The highest BCUT2D eigenvalue weighted by molar-refractivity contribution is 7.98. The van der Waals surface area contributed by atoms with Crippen molar-refractivity contribution in [1.29, 1.82) is 0 Å². The van der Waals surface area contributed by atoms with Gasteiger partial charge in [-0.05, 0) is 24.1 Å². The molecule has 0 unspecified atom stereocenters. The largest absolute Gasteiger partial charge is 1.00 e. The number of rotatable bonds is 3. The van der Waals surface area contributed by atoms with Crippen molar-refractivity contribution in [2.45, 2.75) is 17.8 Å². The fourth-order valence-corrected chi connectivity index (χ4v) is 2.06. The molecule has 4 heteroatoms. The molecule has 0 radical (unpaired) electrons. The fourth-order valence-electron chi connectivity index (χ4n) is 1.29. The first-order valence-electron chi connectivity index (χ1n) is 4.66. The summed E-state index contributed by atoms with van der Waals surface area (Å²) in [5, 5.41) is 10.3. The molecule has 1 aromatic carbocycles. The zero-order chi connectivity index (χ0) is 10.7. The molecule has 2 aromatic rings. The molecule has 0 aliphatic carbocycles. The summed E-state index contributed by atoms with van der Waals surface area (Å²) in [7, 11) is 0. The Labute approximate surface area is 94.0 Å².